The van der Waals surface area contributed by atoms with Crippen LogP contribution in [0.3, 0.4) is 0 Å². The zero-order chi connectivity index (χ0) is 6.99. The van der Waals surface area contributed by atoms with Crippen molar-refractivity contribution in [3.05, 3.63) is 0 Å². The summed E-state index contributed by atoms with van der Waals surface area (Å²) in [6, 6.07) is 0. The molecule has 2 N–H and O–H groups in total. The summed E-state index contributed by atoms with van der Waals surface area (Å²) >= 11 is 7.65. The predicted molar refractivity (Wildman–Crippen MR) is 54.9 cm³/mol. The quantitative estimate of drug-likeness (QED) is 0.427. The molecule has 0 aromatic heterocycles. The number of hydrogen-bond acceptors (Lipinski definition) is 1. The molecule has 0 atom stereocenters. The van der Waals surface area contributed by atoms with Gasteiger partial charge in [0.2, 0.25) is 0 Å². The van der Waals surface area contributed by atoms with Crippen LogP contribution in [0.25, 0.3) is 0 Å². The Kier molecular flexibility index (Phi) is 29.4. The first kappa shape index (κ1) is 16.5. The first-order valence-electron chi connectivity index (χ1n) is 2.63. The minimum atomic E-state index is 0. The second kappa shape index (κ2) is 16.0. The number of rotatable bonds is 1. The van der Waals surface area contributed by atoms with E-state index < -0.39 is 0 Å². The van der Waals surface area contributed by atoms with E-state index in [0.717, 1.165) is 0 Å². The Balaban J connectivity index is -0.0000000720. The van der Waals surface area contributed by atoms with E-state index in [2.05, 4.69) is 38.7 Å². The molecule has 0 aliphatic rings. The van der Waals surface area contributed by atoms with Crippen LogP contribution in [-0.2, 0) is 0 Å². The fourth-order valence-corrected chi connectivity index (χ4v) is 0. The van der Waals surface area contributed by atoms with Crippen LogP contribution in [-0.4, -0.2) is 28.0 Å². The van der Waals surface area contributed by atoms with E-state index in [-0.39, 0.29) is 28.0 Å². The average molecular weight is 281 g/mol. The molecule has 0 rings (SSSR count). The first-order chi connectivity index (χ1) is 3.65. The maximum absolute atomic E-state index is 4.71. The molecule has 0 aliphatic carbocycles. The second-order valence-corrected chi connectivity index (χ2v) is 2.56. The van der Waals surface area contributed by atoms with Gasteiger partial charge in [-0.25, -0.2) is 0 Å². The van der Waals surface area contributed by atoms with Crippen molar-refractivity contribution in [3.8, 4) is 0 Å². The summed E-state index contributed by atoms with van der Waals surface area (Å²) in [5.41, 5.74) is 4.71. The normalized spacial score (nSPS) is 6.11. The van der Waals surface area contributed by atoms with Gasteiger partial charge in [-0.3, -0.25) is 0 Å². The third-order valence-corrected chi connectivity index (χ3v) is 0.500. The van der Waals surface area contributed by atoms with Crippen molar-refractivity contribution in [2.45, 2.75) is 26.7 Å². The van der Waals surface area contributed by atoms with Crippen LogP contribution in [0.5, 0.6) is 0 Å². The molecule has 0 aliphatic heterocycles. The Bertz CT molecular complexity index is 52.9. The van der Waals surface area contributed by atoms with E-state index in [4.69, 9.17) is 5.73 Å². The Hall–Kier alpha value is 1.03. The molecule has 4 heteroatoms. The van der Waals surface area contributed by atoms with E-state index in [0.29, 0.717) is 0 Å². The first-order valence-corrected chi connectivity index (χ1v) is 3.49. The van der Waals surface area contributed by atoms with E-state index in [9.17, 15) is 0 Å². The molecule has 0 radical (unpaired) electrons. The Morgan fingerprint density at radius 2 is 1.56 bits per heavy atom. The monoisotopic (exact) mass is 283 g/mol. The number of thiocarbonyl (C=S) groups is 1. The summed E-state index contributed by atoms with van der Waals surface area (Å²) in [5, 5.41) is 0. The van der Waals surface area contributed by atoms with Crippen LogP contribution in [0.4, 0.5) is 0 Å². The van der Waals surface area contributed by atoms with Crippen molar-refractivity contribution in [1.82, 2.24) is 0 Å². The summed E-state index contributed by atoms with van der Waals surface area (Å²) < 4.78 is 0.194. The Labute approximate surface area is 84.9 Å². The summed E-state index contributed by atoms with van der Waals surface area (Å²) in [6.07, 6.45) is 2.64. The summed E-state index contributed by atoms with van der Waals surface area (Å²) in [6.45, 7) is 4.36. The van der Waals surface area contributed by atoms with Gasteiger partial charge < -0.3 is 5.73 Å². The van der Waals surface area contributed by atoms with Crippen LogP contribution >= 0.6 is 24.8 Å². The van der Waals surface area contributed by atoms with Crippen LogP contribution < -0.4 is 5.73 Å². The average Bonchev–Trinajstić information content (AvgIpc) is 1.65. The van der Waals surface area contributed by atoms with Gasteiger partial charge in [-0.1, -0.05) is 38.9 Å². The van der Waals surface area contributed by atoms with E-state index in [1.54, 1.807) is 0 Å². The third kappa shape index (κ3) is 108. The van der Waals surface area contributed by atoms with E-state index >= 15 is 0 Å². The molecule has 0 aromatic carbocycles. The predicted octanol–water partition coefficient (Wildman–Crippen LogP) is 1.05. The molecular weight excluding hydrogens is 266 g/mol. The second-order valence-electron chi connectivity index (χ2n) is 1.34. The minimum absolute atomic E-state index is 0. The van der Waals surface area contributed by atoms with Crippen LogP contribution in [0.15, 0.2) is 0 Å². The van der Waals surface area contributed by atoms with Gasteiger partial charge in [-0.05, 0) is 0 Å². The van der Waals surface area contributed by atoms with E-state index in [1.165, 1.54) is 12.8 Å². The molecule has 0 spiro atoms. The number of hydrogen-bond donors (Lipinski definition) is 2. The maximum atomic E-state index is 4.71. The molecule has 0 bridgehead atoms. The zero-order valence-corrected chi connectivity index (χ0v) is 10.4. The SMILES string of the molecule is CCCC.NC(=S)S.[TeH2]. The van der Waals surface area contributed by atoms with Crippen molar-refractivity contribution < 1.29 is 0 Å². The number of thiol groups is 1. The van der Waals surface area contributed by atoms with Gasteiger partial charge in [0.25, 0.3) is 0 Å². The van der Waals surface area contributed by atoms with Crippen LogP contribution in [0.2, 0.25) is 0 Å². The van der Waals surface area contributed by atoms with Crippen molar-refractivity contribution in [3.63, 3.8) is 0 Å². The zero-order valence-electron chi connectivity index (χ0n) is 5.85. The Morgan fingerprint density at radius 3 is 1.56 bits per heavy atom. The molecule has 9 heavy (non-hydrogen) atoms. The number of unbranched alkanes of at least 4 members (excludes halogenated alkanes) is 1. The van der Waals surface area contributed by atoms with E-state index in [1.807, 2.05) is 0 Å². The molecule has 0 amide bonds. The van der Waals surface area contributed by atoms with Gasteiger partial charge in [-0.2, -0.15) is 0 Å². The fraction of sp³-hybridized carbons (Fsp3) is 0.800. The van der Waals surface area contributed by atoms with Gasteiger partial charge in [-0.15, -0.1) is 12.6 Å². The third-order valence-electron chi connectivity index (χ3n) is 0.500. The molecule has 0 heterocycles. The van der Waals surface area contributed by atoms with Gasteiger partial charge in [0.05, 0.1) is 0 Å². The molecule has 0 fully saturated rings. The Morgan fingerprint density at radius 1 is 1.44 bits per heavy atom. The van der Waals surface area contributed by atoms with Crippen LogP contribution in [0.1, 0.15) is 26.7 Å². The number of nitrogens with two attached hydrogens (primary N) is 1. The van der Waals surface area contributed by atoms with Crippen molar-refractivity contribution in [2.24, 2.45) is 5.73 Å². The van der Waals surface area contributed by atoms with Gasteiger partial charge in [0, 0.05) is 0 Å². The standard InChI is InChI=1S/C4H10.CH3NS2.H2Te/c1-3-4-2;2-1(3)4;/h3-4H2,1-2H3;(H3,2,3,4);1H2. The van der Waals surface area contributed by atoms with Crippen molar-refractivity contribution >= 4 is 52.8 Å². The van der Waals surface area contributed by atoms with Crippen LogP contribution in [0, 0.1) is 0 Å². The molecule has 1 nitrogen and oxygen atoms in total. The molecule has 0 unspecified atom stereocenters. The molecule has 58 valence electrons. The summed E-state index contributed by atoms with van der Waals surface area (Å²) in [5.74, 6) is 0. The van der Waals surface area contributed by atoms with Gasteiger partial charge >= 0.3 is 23.7 Å². The van der Waals surface area contributed by atoms with Crippen molar-refractivity contribution in [2.75, 3.05) is 0 Å². The summed E-state index contributed by atoms with van der Waals surface area (Å²) in [4.78, 5) is 0. The molecule has 0 saturated carbocycles. The summed E-state index contributed by atoms with van der Waals surface area (Å²) in [7, 11) is 0. The molecular formula is C5H15NS2Te. The topological polar surface area (TPSA) is 26.0 Å². The molecule has 0 saturated heterocycles. The molecule has 0 aromatic rings. The van der Waals surface area contributed by atoms with Gasteiger partial charge in [0.1, 0.15) is 4.32 Å². The van der Waals surface area contributed by atoms with Crippen molar-refractivity contribution in [1.29, 1.82) is 0 Å². The fourth-order valence-electron chi connectivity index (χ4n) is 0. The van der Waals surface area contributed by atoms with Gasteiger partial charge in [0.15, 0.2) is 0 Å².